The van der Waals surface area contributed by atoms with E-state index in [-0.39, 0.29) is 23.7 Å². The number of nitrogens with zero attached hydrogens (tertiary/aromatic N) is 1. The molecule has 0 radical (unpaired) electrons. The van der Waals surface area contributed by atoms with E-state index in [9.17, 15) is 9.59 Å². The second-order valence-corrected chi connectivity index (χ2v) is 9.20. The highest BCUT2D eigenvalue weighted by atomic mass is 16.5. The zero-order valence-electron chi connectivity index (χ0n) is 20.1. The second-order valence-electron chi connectivity index (χ2n) is 9.20. The van der Waals surface area contributed by atoms with Gasteiger partial charge in [0.05, 0.1) is 12.8 Å². The Balaban J connectivity index is 1.70. The average molecular weight is 462 g/mol. The van der Waals surface area contributed by atoms with Gasteiger partial charge in [0.1, 0.15) is 11.5 Å². The van der Waals surface area contributed by atoms with Gasteiger partial charge in [-0.3, -0.25) is 4.79 Å². The van der Waals surface area contributed by atoms with E-state index in [4.69, 9.17) is 10.5 Å². The van der Waals surface area contributed by atoms with Crippen LogP contribution in [0.1, 0.15) is 66.5 Å². The maximum Gasteiger partial charge on any atom is 0.356 e. The summed E-state index contributed by atoms with van der Waals surface area (Å²) >= 11 is 0. The Labute approximate surface area is 201 Å². The first-order chi connectivity index (χ1) is 16.4. The molecule has 0 fully saturated rings. The number of aromatic nitrogens is 2. The van der Waals surface area contributed by atoms with Crippen LogP contribution in [0.25, 0.3) is 0 Å². The van der Waals surface area contributed by atoms with E-state index in [0.717, 1.165) is 24.8 Å². The number of aryl methyl sites for hydroxylation is 1. The molecule has 2 unspecified atom stereocenters. The van der Waals surface area contributed by atoms with Crippen molar-refractivity contribution in [3.8, 4) is 0 Å². The lowest BCUT2D eigenvalue weighted by Crippen LogP contribution is -2.30. The summed E-state index contributed by atoms with van der Waals surface area (Å²) in [7, 11) is 0. The molecule has 1 amide bonds. The Kier molecular flexibility index (Phi) is 9.44. The monoisotopic (exact) mass is 461 g/mol. The van der Waals surface area contributed by atoms with E-state index in [1.165, 1.54) is 11.8 Å². The van der Waals surface area contributed by atoms with E-state index < -0.39 is 5.97 Å². The van der Waals surface area contributed by atoms with Crippen LogP contribution in [0.4, 0.5) is 0 Å². The predicted molar refractivity (Wildman–Crippen MR) is 133 cm³/mol. The highest BCUT2D eigenvalue weighted by molar-refractivity contribution is 5.87. The Bertz CT molecular complexity index is 1030. The summed E-state index contributed by atoms with van der Waals surface area (Å²) < 4.78 is 5.30. The fraction of sp³-hybridized carbons (Fsp3) is 0.393. The van der Waals surface area contributed by atoms with Gasteiger partial charge in [-0.15, -0.1) is 0 Å². The molecule has 0 bridgehead atoms. The van der Waals surface area contributed by atoms with Gasteiger partial charge in [0, 0.05) is 18.3 Å². The average Bonchev–Trinajstić information content (AvgIpc) is 3.31. The van der Waals surface area contributed by atoms with E-state index in [1.807, 2.05) is 62.4 Å². The van der Waals surface area contributed by atoms with Crippen molar-refractivity contribution in [1.82, 2.24) is 9.97 Å². The van der Waals surface area contributed by atoms with Crippen molar-refractivity contribution in [2.24, 2.45) is 17.6 Å². The number of hydrogen-bond acceptors (Lipinski definition) is 4. The standard InChI is InChI=1S/C28H35N3O3/c1-20(2)19-34-28(33)25-18-30-26(31-25)17-24(22-14-7-4-8-15-22)23(27(29)32)16-10-9-13-21-11-5-3-6-12-21/h3-8,11-12,14-15,18,20,23-24H,9-10,13,16-17,19H2,1-2H3,(H2,29,32)(H,30,31). The number of esters is 1. The second kappa shape index (κ2) is 12.7. The molecule has 6 nitrogen and oxygen atoms in total. The van der Waals surface area contributed by atoms with Crippen LogP contribution in [-0.2, 0) is 22.4 Å². The Morgan fingerprint density at radius 2 is 1.68 bits per heavy atom. The quantitative estimate of drug-likeness (QED) is 0.274. The van der Waals surface area contributed by atoms with Gasteiger partial charge in [-0.2, -0.15) is 0 Å². The van der Waals surface area contributed by atoms with Gasteiger partial charge in [-0.25, -0.2) is 9.78 Å². The number of carbonyl (C=O) groups excluding carboxylic acids is 2. The summed E-state index contributed by atoms with van der Waals surface area (Å²) in [5.41, 5.74) is 8.55. The molecule has 6 heteroatoms. The largest absolute Gasteiger partial charge is 0.461 e. The predicted octanol–water partition coefficient (Wildman–Crippen LogP) is 5.06. The minimum Gasteiger partial charge on any atom is -0.461 e. The fourth-order valence-electron chi connectivity index (χ4n) is 4.17. The van der Waals surface area contributed by atoms with Gasteiger partial charge >= 0.3 is 5.97 Å². The number of benzene rings is 2. The summed E-state index contributed by atoms with van der Waals surface area (Å²) in [4.78, 5) is 32.3. The zero-order chi connectivity index (χ0) is 24.3. The maximum absolute atomic E-state index is 12.5. The van der Waals surface area contributed by atoms with Crippen LogP contribution < -0.4 is 5.73 Å². The van der Waals surface area contributed by atoms with Gasteiger partial charge in [-0.1, -0.05) is 80.9 Å². The molecule has 3 rings (SSSR count). The molecular weight excluding hydrogens is 426 g/mol. The Hall–Kier alpha value is -3.41. The molecule has 3 aromatic rings. The normalized spacial score (nSPS) is 12.9. The molecule has 2 aromatic carbocycles. The maximum atomic E-state index is 12.5. The topological polar surface area (TPSA) is 98.1 Å². The SMILES string of the molecule is CC(C)COC(=O)c1cnc(CC(c2ccccc2)C(CCCCc2ccccc2)C(N)=O)[nH]1. The minimum absolute atomic E-state index is 0.138. The van der Waals surface area contributed by atoms with Gasteiger partial charge in [0.2, 0.25) is 5.91 Å². The molecule has 34 heavy (non-hydrogen) atoms. The van der Waals surface area contributed by atoms with Gasteiger partial charge < -0.3 is 15.5 Å². The van der Waals surface area contributed by atoms with Crippen molar-refractivity contribution in [1.29, 1.82) is 0 Å². The molecule has 180 valence electrons. The summed E-state index contributed by atoms with van der Waals surface area (Å²) in [5.74, 6) is -0.304. The number of unbranched alkanes of at least 4 members (excludes halogenated alkanes) is 1. The van der Waals surface area contributed by atoms with Gasteiger partial charge in [0.15, 0.2) is 0 Å². The number of nitrogens with two attached hydrogens (primary N) is 1. The number of rotatable bonds is 13. The molecule has 0 aliphatic carbocycles. The fourth-order valence-corrected chi connectivity index (χ4v) is 4.17. The number of amides is 1. The number of ether oxygens (including phenoxy) is 1. The Morgan fingerprint density at radius 3 is 2.32 bits per heavy atom. The molecule has 2 atom stereocenters. The van der Waals surface area contributed by atoms with Crippen LogP contribution in [0.15, 0.2) is 66.9 Å². The number of carbonyl (C=O) groups is 2. The van der Waals surface area contributed by atoms with E-state index in [2.05, 4.69) is 22.1 Å². The summed E-state index contributed by atoms with van der Waals surface area (Å²) in [6.45, 7) is 4.33. The first-order valence-electron chi connectivity index (χ1n) is 12.0. The van der Waals surface area contributed by atoms with E-state index >= 15 is 0 Å². The lowest BCUT2D eigenvalue weighted by molar-refractivity contribution is -0.122. The molecule has 0 saturated heterocycles. The minimum atomic E-state index is -0.420. The molecule has 1 heterocycles. The summed E-state index contributed by atoms with van der Waals surface area (Å²) in [5, 5.41) is 0. The van der Waals surface area contributed by atoms with Crippen molar-refractivity contribution >= 4 is 11.9 Å². The van der Waals surface area contributed by atoms with Crippen molar-refractivity contribution in [3.05, 3.63) is 89.5 Å². The van der Waals surface area contributed by atoms with Crippen LogP contribution in [0.5, 0.6) is 0 Å². The first kappa shape index (κ1) is 25.2. The molecule has 3 N–H and O–H groups in total. The van der Waals surface area contributed by atoms with Crippen LogP contribution in [-0.4, -0.2) is 28.5 Å². The molecule has 0 spiro atoms. The molecule has 0 saturated carbocycles. The number of imidazole rings is 1. The van der Waals surface area contributed by atoms with Crippen LogP contribution in [0.3, 0.4) is 0 Å². The third-order valence-corrected chi connectivity index (χ3v) is 5.96. The third kappa shape index (κ3) is 7.58. The number of nitrogens with one attached hydrogen (secondary N) is 1. The van der Waals surface area contributed by atoms with Crippen molar-refractivity contribution in [2.45, 2.75) is 51.9 Å². The number of H-pyrrole nitrogens is 1. The zero-order valence-corrected chi connectivity index (χ0v) is 20.1. The van der Waals surface area contributed by atoms with Crippen molar-refractivity contribution in [3.63, 3.8) is 0 Å². The lowest BCUT2D eigenvalue weighted by atomic mass is 9.80. The van der Waals surface area contributed by atoms with Crippen LogP contribution >= 0.6 is 0 Å². The third-order valence-electron chi connectivity index (χ3n) is 5.96. The number of primary amides is 1. The summed E-state index contributed by atoms with van der Waals surface area (Å²) in [6, 6.07) is 20.3. The van der Waals surface area contributed by atoms with Crippen molar-refractivity contribution in [2.75, 3.05) is 6.61 Å². The highest BCUT2D eigenvalue weighted by Gasteiger charge is 2.29. The lowest BCUT2D eigenvalue weighted by Gasteiger charge is -2.25. The molecule has 0 aliphatic rings. The van der Waals surface area contributed by atoms with Crippen LogP contribution in [0.2, 0.25) is 0 Å². The smallest absolute Gasteiger partial charge is 0.356 e. The van der Waals surface area contributed by atoms with Crippen LogP contribution in [0, 0.1) is 11.8 Å². The van der Waals surface area contributed by atoms with Gasteiger partial charge in [0.25, 0.3) is 0 Å². The van der Waals surface area contributed by atoms with E-state index in [0.29, 0.717) is 31.0 Å². The van der Waals surface area contributed by atoms with Gasteiger partial charge in [-0.05, 0) is 36.3 Å². The Morgan fingerprint density at radius 1 is 1.00 bits per heavy atom. The summed E-state index contributed by atoms with van der Waals surface area (Å²) in [6.07, 6.45) is 5.54. The molecule has 0 aliphatic heterocycles. The number of aromatic amines is 1. The van der Waals surface area contributed by atoms with E-state index in [1.54, 1.807) is 0 Å². The van der Waals surface area contributed by atoms with Crippen molar-refractivity contribution < 1.29 is 14.3 Å². The molecular formula is C28H35N3O3. The highest BCUT2D eigenvalue weighted by Crippen LogP contribution is 2.32. The number of hydrogen-bond donors (Lipinski definition) is 2. The first-order valence-corrected chi connectivity index (χ1v) is 12.0. The molecule has 1 aromatic heterocycles.